The lowest BCUT2D eigenvalue weighted by atomic mass is 10.1. The zero-order valence-corrected chi connectivity index (χ0v) is 13.1. The maximum atomic E-state index is 6.25. The molecule has 3 aromatic carbocycles. The van der Waals surface area contributed by atoms with E-state index in [0.29, 0.717) is 5.02 Å². The van der Waals surface area contributed by atoms with Gasteiger partial charge >= 0.3 is 0 Å². The van der Waals surface area contributed by atoms with Gasteiger partial charge in [0.15, 0.2) is 0 Å². The van der Waals surface area contributed by atoms with Crippen molar-refractivity contribution in [2.45, 2.75) is 13.0 Å². The Bertz CT molecular complexity index is 783. The Morgan fingerprint density at radius 2 is 1.62 bits per heavy atom. The van der Waals surface area contributed by atoms with Gasteiger partial charge in [0.1, 0.15) is 0 Å². The van der Waals surface area contributed by atoms with E-state index in [-0.39, 0.29) is 6.04 Å². The molecule has 0 heterocycles. The fourth-order valence-electron chi connectivity index (χ4n) is 2.45. The fourth-order valence-corrected chi connectivity index (χ4v) is 2.92. The highest BCUT2D eigenvalue weighted by Gasteiger charge is 2.10. The maximum absolute atomic E-state index is 6.25. The number of nitrogens with one attached hydrogen (secondary N) is 1. The number of hydrogen-bond acceptors (Lipinski definition) is 1. The zero-order valence-electron chi connectivity index (χ0n) is 11.6. The van der Waals surface area contributed by atoms with Gasteiger partial charge in [-0.15, -0.1) is 0 Å². The van der Waals surface area contributed by atoms with Gasteiger partial charge in [-0.05, 0) is 53.6 Å². The maximum Gasteiger partial charge on any atom is 0.0500 e. The van der Waals surface area contributed by atoms with Crippen molar-refractivity contribution in [1.29, 1.82) is 0 Å². The summed E-state index contributed by atoms with van der Waals surface area (Å²) in [6, 6.07) is 20.3. The second kappa shape index (κ2) is 5.97. The molecular weight excluding hydrogens is 301 g/mol. The molecule has 3 heteroatoms. The molecule has 0 saturated carbocycles. The van der Waals surface area contributed by atoms with Crippen LogP contribution < -0.4 is 5.32 Å². The number of anilines is 1. The van der Waals surface area contributed by atoms with Crippen molar-refractivity contribution in [2.75, 3.05) is 5.32 Å². The third-order valence-electron chi connectivity index (χ3n) is 3.56. The summed E-state index contributed by atoms with van der Waals surface area (Å²) in [4.78, 5) is 0. The third-order valence-corrected chi connectivity index (χ3v) is 4.14. The molecule has 1 unspecified atom stereocenters. The Balaban J connectivity index is 1.88. The van der Waals surface area contributed by atoms with Crippen LogP contribution in [0.3, 0.4) is 0 Å². The molecule has 0 aromatic heterocycles. The molecule has 0 aliphatic rings. The van der Waals surface area contributed by atoms with E-state index in [1.54, 1.807) is 6.07 Å². The second-order valence-corrected chi connectivity index (χ2v) is 5.94. The van der Waals surface area contributed by atoms with Crippen LogP contribution in [0.5, 0.6) is 0 Å². The van der Waals surface area contributed by atoms with Crippen LogP contribution in [0, 0.1) is 0 Å². The minimum absolute atomic E-state index is 0.0809. The molecule has 3 rings (SSSR count). The molecule has 0 amide bonds. The third kappa shape index (κ3) is 3.15. The van der Waals surface area contributed by atoms with Crippen molar-refractivity contribution in [3.8, 4) is 0 Å². The van der Waals surface area contributed by atoms with E-state index in [1.165, 1.54) is 10.8 Å². The van der Waals surface area contributed by atoms with Gasteiger partial charge in [0.2, 0.25) is 0 Å². The van der Waals surface area contributed by atoms with Crippen molar-refractivity contribution in [1.82, 2.24) is 0 Å². The molecule has 1 nitrogen and oxygen atoms in total. The normalized spacial score (nSPS) is 12.3. The van der Waals surface area contributed by atoms with E-state index >= 15 is 0 Å². The molecule has 0 radical (unpaired) electrons. The molecule has 21 heavy (non-hydrogen) atoms. The zero-order chi connectivity index (χ0) is 14.8. The molecule has 3 aromatic rings. The topological polar surface area (TPSA) is 12.0 Å². The van der Waals surface area contributed by atoms with E-state index in [0.717, 1.165) is 16.3 Å². The first-order valence-electron chi connectivity index (χ1n) is 6.84. The van der Waals surface area contributed by atoms with Crippen LogP contribution in [0.2, 0.25) is 10.0 Å². The summed E-state index contributed by atoms with van der Waals surface area (Å²) < 4.78 is 0. The van der Waals surface area contributed by atoms with E-state index < -0.39 is 0 Å². The lowest BCUT2D eigenvalue weighted by Gasteiger charge is -2.17. The molecule has 1 atom stereocenters. The molecule has 1 N–H and O–H groups in total. The average Bonchev–Trinajstić information content (AvgIpc) is 2.49. The van der Waals surface area contributed by atoms with Gasteiger partial charge in [0.05, 0.1) is 6.04 Å². The van der Waals surface area contributed by atoms with Crippen LogP contribution in [0.1, 0.15) is 18.5 Å². The predicted molar refractivity (Wildman–Crippen MR) is 92.4 cm³/mol. The minimum Gasteiger partial charge on any atom is -0.378 e. The fraction of sp³-hybridized carbons (Fsp3) is 0.111. The Morgan fingerprint density at radius 1 is 0.857 bits per heavy atom. The highest BCUT2D eigenvalue weighted by atomic mass is 35.5. The number of hydrogen-bond donors (Lipinski definition) is 1. The second-order valence-electron chi connectivity index (χ2n) is 5.09. The summed E-state index contributed by atoms with van der Waals surface area (Å²) in [6.07, 6.45) is 0. The van der Waals surface area contributed by atoms with Crippen molar-refractivity contribution in [2.24, 2.45) is 0 Å². The summed E-state index contributed by atoms with van der Waals surface area (Å²) in [7, 11) is 0. The molecule has 106 valence electrons. The molecular formula is C18H15Cl2N. The average molecular weight is 316 g/mol. The first kappa shape index (κ1) is 14.2. The van der Waals surface area contributed by atoms with Gasteiger partial charge in [-0.25, -0.2) is 0 Å². The summed E-state index contributed by atoms with van der Waals surface area (Å²) in [5, 5.41) is 7.34. The minimum atomic E-state index is 0.0809. The number of rotatable bonds is 3. The van der Waals surface area contributed by atoms with E-state index in [2.05, 4.69) is 42.6 Å². The van der Waals surface area contributed by atoms with Crippen LogP contribution in [0.25, 0.3) is 10.8 Å². The lowest BCUT2D eigenvalue weighted by molar-refractivity contribution is 0.885. The molecule has 0 bridgehead atoms. The monoisotopic (exact) mass is 315 g/mol. The van der Waals surface area contributed by atoms with Crippen molar-refractivity contribution >= 4 is 39.7 Å². The van der Waals surface area contributed by atoms with Crippen LogP contribution in [-0.2, 0) is 0 Å². The number of benzene rings is 3. The quantitative estimate of drug-likeness (QED) is 0.596. The summed E-state index contributed by atoms with van der Waals surface area (Å²) in [5.74, 6) is 0. The number of fused-ring (bicyclic) bond motifs is 1. The van der Waals surface area contributed by atoms with Gasteiger partial charge in [0.25, 0.3) is 0 Å². The Kier molecular flexibility index (Phi) is 4.05. The SMILES string of the molecule is CC(Nc1ccc2ccccc2c1)c1cc(Cl)ccc1Cl. The van der Waals surface area contributed by atoms with E-state index in [1.807, 2.05) is 24.3 Å². The molecule has 0 spiro atoms. The van der Waals surface area contributed by atoms with E-state index in [4.69, 9.17) is 23.2 Å². The van der Waals surface area contributed by atoms with Crippen molar-refractivity contribution in [3.63, 3.8) is 0 Å². The van der Waals surface area contributed by atoms with Crippen molar-refractivity contribution in [3.05, 3.63) is 76.3 Å². The highest BCUT2D eigenvalue weighted by molar-refractivity contribution is 6.33. The summed E-state index contributed by atoms with van der Waals surface area (Å²) in [6.45, 7) is 2.08. The Labute approximate surface area is 134 Å². The van der Waals surface area contributed by atoms with Crippen molar-refractivity contribution < 1.29 is 0 Å². The molecule has 0 aliphatic carbocycles. The molecule has 0 saturated heterocycles. The molecule has 0 fully saturated rings. The summed E-state index contributed by atoms with van der Waals surface area (Å²) in [5.41, 5.74) is 2.06. The Morgan fingerprint density at radius 3 is 2.43 bits per heavy atom. The predicted octanol–water partition coefficient (Wildman–Crippen LogP) is 6.32. The van der Waals surface area contributed by atoms with E-state index in [9.17, 15) is 0 Å². The van der Waals surface area contributed by atoms with Crippen LogP contribution in [-0.4, -0.2) is 0 Å². The Hall–Kier alpha value is -1.70. The van der Waals surface area contributed by atoms with Gasteiger partial charge in [-0.1, -0.05) is 53.5 Å². The van der Waals surface area contributed by atoms with Gasteiger partial charge in [-0.2, -0.15) is 0 Å². The van der Waals surface area contributed by atoms with Gasteiger partial charge < -0.3 is 5.32 Å². The van der Waals surface area contributed by atoms with Crippen LogP contribution in [0.4, 0.5) is 5.69 Å². The van der Waals surface area contributed by atoms with Gasteiger partial charge in [-0.3, -0.25) is 0 Å². The van der Waals surface area contributed by atoms with Crippen LogP contribution in [0.15, 0.2) is 60.7 Å². The summed E-state index contributed by atoms with van der Waals surface area (Å²) >= 11 is 12.3. The van der Waals surface area contributed by atoms with Crippen LogP contribution >= 0.6 is 23.2 Å². The first-order chi connectivity index (χ1) is 10.1. The first-order valence-corrected chi connectivity index (χ1v) is 7.59. The number of halogens is 2. The van der Waals surface area contributed by atoms with Gasteiger partial charge in [0, 0.05) is 15.7 Å². The molecule has 0 aliphatic heterocycles. The largest absolute Gasteiger partial charge is 0.378 e. The lowest BCUT2D eigenvalue weighted by Crippen LogP contribution is -2.07. The highest BCUT2D eigenvalue weighted by Crippen LogP contribution is 2.29. The smallest absolute Gasteiger partial charge is 0.0500 e. The standard InChI is InChI=1S/C18H15Cl2N/c1-12(17-11-15(19)7-9-18(17)20)21-16-8-6-13-4-2-3-5-14(13)10-16/h2-12,21H,1H3.